The Kier molecular flexibility index (Phi) is 9.74. The van der Waals surface area contributed by atoms with Crippen molar-refractivity contribution in [2.75, 3.05) is 39.3 Å². The van der Waals surface area contributed by atoms with Gasteiger partial charge < -0.3 is 20.5 Å². The van der Waals surface area contributed by atoms with E-state index in [4.69, 9.17) is 4.99 Å². The molecule has 158 valence electrons. The molecule has 1 aliphatic heterocycles. The SMILES string of the molecule is CCCNC(=O)CN1CCC(NC(=NCCn2cnnc2CC)NCC)CC1. The molecule has 1 aromatic rings. The fourth-order valence-electron chi connectivity index (χ4n) is 3.28. The van der Waals surface area contributed by atoms with Gasteiger partial charge in [-0.3, -0.25) is 14.7 Å². The van der Waals surface area contributed by atoms with Crippen LogP contribution in [0.15, 0.2) is 11.3 Å². The molecule has 3 N–H and O–H groups in total. The molecule has 0 aliphatic carbocycles. The number of hydrogen-bond donors (Lipinski definition) is 3. The minimum absolute atomic E-state index is 0.128. The van der Waals surface area contributed by atoms with Crippen molar-refractivity contribution in [3.8, 4) is 0 Å². The lowest BCUT2D eigenvalue weighted by Gasteiger charge is -2.32. The Morgan fingerprint density at radius 2 is 2.04 bits per heavy atom. The minimum Gasteiger partial charge on any atom is -0.357 e. The molecule has 1 aromatic heterocycles. The summed E-state index contributed by atoms with van der Waals surface area (Å²) in [6, 6.07) is 0.383. The molecule has 0 aromatic carbocycles. The Balaban J connectivity index is 1.75. The molecule has 2 rings (SSSR count). The van der Waals surface area contributed by atoms with Gasteiger partial charge in [0, 0.05) is 45.2 Å². The van der Waals surface area contributed by atoms with Gasteiger partial charge in [-0.05, 0) is 26.2 Å². The van der Waals surface area contributed by atoms with Gasteiger partial charge >= 0.3 is 0 Å². The van der Waals surface area contributed by atoms with E-state index in [9.17, 15) is 4.79 Å². The highest BCUT2D eigenvalue weighted by atomic mass is 16.2. The molecule has 0 atom stereocenters. The first kappa shape index (κ1) is 22.1. The number of piperidine rings is 1. The summed E-state index contributed by atoms with van der Waals surface area (Å²) in [7, 11) is 0. The van der Waals surface area contributed by atoms with Crippen molar-refractivity contribution in [1.82, 2.24) is 35.6 Å². The van der Waals surface area contributed by atoms with E-state index >= 15 is 0 Å². The van der Waals surface area contributed by atoms with Gasteiger partial charge in [0.25, 0.3) is 0 Å². The number of carbonyl (C=O) groups excluding carboxylic acids is 1. The maximum atomic E-state index is 11.9. The van der Waals surface area contributed by atoms with Crippen LogP contribution in [0.1, 0.15) is 45.9 Å². The zero-order valence-electron chi connectivity index (χ0n) is 17.6. The van der Waals surface area contributed by atoms with Crippen LogP contribution in [-0.4, -0.2) is 76.8 Å². The summed E-state index contributed by atoms with van der Waals surface area (Å²) >= 11 is 0. The van der Waals surface area contributed by atoms with E-state index in [1.165, 1.54) is 0 Å². The highest BCUT2D eigenvalue weighted by molar-refractivity contribution is 5.80. The lowest BCUT2D eigenvalue weighted by atomic mass is 10.1. The van der Waals surface area contributed by atoms with E-state index < -0.39 is 0 Å². The predicted octanol–water partition coefficient (Wildman–Crippen LogP) is 0.386. The maximum absolute atomic E-state index is 11.9. The van der Waals surface area contributed by atoms with E-state index in [0.717, 1.165) is 70.2 Å². The van der Waals surface area contributed by atoms with Crippen LogP contribution in [0.2, 0.25) is 0 Å². The number of amides is 1. The van der Waals surface area contributed by atoms with Gasteiger partial charge in [-0.1, -0.05) is 13.8 Å². The molecule has 2 heterocycles. The number of nitrogens with one attached hydrogen (secondary N) is 3. The minimum atomic E-state index is 0.128. The normalized spacial score (nSPS) is 16.2. The summed E-state index contributed by atoms with van der Waals surface area (Å²) in [5, 5.41) is 17.9. The monoisotopic (exact) mass is 392 g/mol. The molecule has 1 fully saturated rings. The van der Waals surface area contributed by atoms with Crippen molar-refractivity contribution in [3.05, 3.63) is 12.2 Å². The van der Waals surface area contributed by atoms with Crippen LogP contribution in [0, 0.1) is 0 Å². The number of aromatic nitrogens is 3. The molecule has 0 unspecified atom stereocenters. The third-order valence-corrected chi connectivity index (χ3v) is 4.83. The van der Waals surface area contributed by atoms with E-state index in [0.29, 0.717) is 19.1 Å². The summed E-state index contributed by atoms with van der Waals surface area (Å²) in [6.07, 6.45) is 5.63. The Morgan fingerprint density at radius 1 is 1.25 bits per heavy atom. The number of nitrogens with zero attached hydrogens (tertiary/aromatic N) is 5. The molecule has 28 heavy (non-hydrogen) atoms. The largest absolute Gasteiger partial charge is 0.357 e. The van der Waals surface area contributed by atoms with Gasteiger partial charge in [0.15, 0.2) is 5.96 Å². The summed E-state index contributed by atoms with van der Waals surface area (Å²) in [4.78, 5) is 18.8. The van der Waals surface area contributed by atoms with E-state index in [1.54, 1.807) is 6.33 Å². The van der Waals surface area contributed by atoms with Crippen LogP contribution < -0.4 is 16.0 Å². The standard InChI is InChI=1S/C19H36N8O/c1-4-9-21-18(28)14-26-11-7-16(8-12-26)24-19(20-6-3)22-10-13-27-15-23-25-17(27)5-2/h15-16H,4-14H2,1-3H3,(H,21,28)(H2,20,22,24). The number of rotatable bonds is 10. The number of likely N-dealkylation sites (tertiary alicyclic amines) is 1. The first-order valence-corrected chi connectivity index (χ1v) is 10.6. The third-order valence-electron chi connectivity index (χ3n) is 4.83. The van der Waals surface area contributed by atoms with Crippen molar-refractivity contribution in [2.24, 2.45) is 4.99 Å². The Morgan fingerprint density at radius 3 is 2.71 bits per heavy atom. The molecule has 1 amide bonds. The zero-order valence-corrected chi connectivity index (χ0v) is 17.6. The lowest BCUT2D eigenvalue weighted by molar-refractivity contribution is -0.122. The van der Waals surface area contributed by atoms with Gasteiger partial charge in [-0.25, -0.2) is 0 Å². The smallest absolute Gasteiger partial charge is 0.234 e. The number of aliphatic imine (C=N–C) groups is 1. The third kappa shape index (κ3) is 7.46. The van der Waals surface area contributed by atoms with Crippen LogP contribution in [0.3, 0.4) is 0 Å². The van der Waals surface area contributed by atoms with Crippen LogP contribution >= 0.6 is 0 Å². The van der Waals surface area contributed by atoms with E-state index in [1.807, 2.05) is 0 Å². The van der Waals surface area contributed by atoms with Gasteiger partial charge in [0.1, 0.15) is 12.2 Å². The van der Waals surface area contributed by atoms with Crippen molar-refractivity contribution in [1.29, 1.82) is 0 Å². The Bertz CT molecular complexity index is 607. The lowest BCUT2D eigenvalue weighted by Crippen LogP contribution is -2.50. The van der Waals surface area contributed by atoms with Crippen LogP contribution in [-0.2, 0) is 17.8 Å². The second-order valence-electron chi connectivity index (χ2n) is 7.10. The number of guanidine groups is 1. The average Bonchev–Trinajstić information content (AvgIpc) is 3.15. The topological polar surface area (TPSA) is 99.5 Å². The summed E-state index contributed by atoms with van der Waals surface area (Å²) in [5.41, 5.74) is 0. The molecular formula is C19H36N8O. The predicted molar refractivity (Wildman–Crippen MR) is 111 cm³/mol. The highest BCUT2D eigenvalue weighted by Gasteiger charge is 2.21. The molecule has 0 saturated carbocycles. The summed E-state index contributed by atoms with van der Waals surface area (Å²) < 4.78 is 2.05. The molecule has 0 spiro atoms. The first-order valence-electron chi connectivity index (χ1n) is 10.6. The van der Waals surface area contributed by atoms with Crippen LogP contribution in [0.4, 0.5) is 0 Å². The number of aryl methyl sites for hydroxylation is 1. The van der Waals surface area contributed by atoms with Gasteiger partial charge in [0.2, 0.25) is 5.91 Å². The molecule has 9 heteroatoms. The number of carbonyl (C=O) groups is 1. The quantitative estimate of drug-likeness (QED) is 0.393. The van der Waals surface area contributed by atoms with Gasteiger partial charge in [-0.2, -0.15) is 0 Å². The van der Waals surface area contributed by atoms with E-state index in [2.05, 4.69) is 56.4 Å². The Hall–Kier alpha value is -2.16. The van der Waals surface area contributed by atoms with E-state index in [-0.39, 0.29) is 5.91 Å². The fourth-order valence-corrected chi connectivity index (χ4v) is 3.28. The summed E-state index contributed by atoms with van der Waals surface area (Å²) in [6.45, 7) is 11.6. The highest BCUT2D eigenvalue weighted by Crippen LogP contribution is 2.10. The van der Waals surface area contributed by atoms with Gasteiger partial charge in [-0.15, -0.1) is 10.2 Å². The second kappa shape index (κ2) is 12.3. The Labute approximate surface area is 168 Å². The molecule has 0 radical (unpaired) electrons. The summed E-state index contributed by atoms with van der Waals surface area (Å²) in [5.74, 6) is 1.97. The van der Waals surface area contributed by atoms with Crippen LogP contribution in [0.25, 0.3) is 0 Å². The molecule has 0 bridgehead atoms. The van der Waals surface area contributed by atoms with Crippen molar-refractivity contribution >= 4 is 11.9 Å². The molecule has 1 saturated heterocycles. The van der Waals surface area contributed by atoms with Crippen LogP contribution in [0.5, 0.6) is 0 Å². The van der Waals surface area contributed by atoms with Crippen molar-refractivity contribution in [3.63, 3.8) is 0 Å². The van der Waals surface area contributed by atoms with Crippen molar-refractivity contribution in [2.45, 2.75) is 59.0 Å². The second-order valence-corrected chi connectivity index (χ2v) is 7.10. The number of hydrogen-bond acceptors (Lipinski definition) is 5. The molecular weight excluding hydrogens is 356 g/mol. The molecule has 9 nitrogen and oxygen atoms in total. The maximum Gasteiger partial charge on any atom is 0.234 e. The van der Waals surface area contributed by atoms with Gasteiger partial charge in [0.05, 0.1) is 13.1 Å². The fraction of sp³-hybridized carbons (Fsp3) is 0.789. The average molecular weight is 393 g/mol. The zero-order chi connectivity index (χ0) is 20.2. The van der Waals surface area contributed by atoms with Crippen molar-refractivity contribution < 1.29 is 4.79 Å². The molecule has 1 aliphatic rings. The first-order chi connectivity index (χ1) is 13.7.